The van der Waals surface area contributed by atoms with Crippen molar-refractivity contribution < 1.29 is 0 Å². The van der Waals surface area contributed by atoms with Gasteiger partial charge >= 0.3 is 0 Å². The van der Waals surface area contributed by atoms with Gasteiger partial charge in [-0.2, -0.15) is 0 Å². The molecule has 3 fully saturated rings. The average Bonchev–Trinajstić information content (AvgIpc) is 3.24. The highest BCUT2D eigenvalue weighted by Gasteiger charge is 2.41. The first-order valence-electron chi connectivity index (χ1n) is 7.17. The van der Waals surface area contributed by atoms with E-state index >= 15 is 0 Å². The smallest absolute Gasteiger partial charge is 0.252 e. The minimum atomic E-state index is -0.0141. The standard InChI is InChI=1S/C14H19N3O/c18-12-7-11(16-14(17-12)10-5-6-10)15-13(8-1-2-8)9-3-4-9/h7-10,13H,1-6H2,(H2,15,16,17,18). The first-order valence-corrected chi connectivity index (χ1v) is 7.17. The maximum Gasteiger partial charge on any atom is 0.252 e. The molecule has 0 radical (unpaired) electrons. The summed E-state index contributed by atoms with van der Waals surface area (Å²) in [5.74, 6) is 3.82. The number of hydrogen-bond acceptors (Lipinski definition) is 3. The highest BCUT2D eigenvalue weighted by molar-refractivity contribution is 5.36. The highest BCUT2D eigenvalue weighted by atomic mass is 16.1. The normalized spacial score (nSPS) is 23.4. The molecule has 1 aromatic rings. The Hall–Kier alpha value is -1.32. The third-order valence-corrected chi connectivity index (χ3v) is 4.30. The van der Waals surface area contributed by atoms with Crippen LogP contribution in [0.2, 0.25) is 0 Å². The molecule has 96 valence electrons. The molecule has 3 aliphatic carbocycles. The third kappa shape index (κ3) is 2.16. The fourth-order valence-corrected chi connectivity index (χ4v) is 2.80. The lowest BCUT2D eigenvalue weighted by Crippen LogP contribution is -2.26. The van der Waals surface area contributed by atoms with Gasteiger partial charge in [0.2, 0.25) is 0 Å². The first kappa shape index (κ1) is 10.6. The molecule has 0 bridgehead atoms. The zero-order valence-corrected chi connectivity index (χ0v) is 10.5. The van der Waals surface area contributed by atoms with Crippen LogP contribution >= 0.6 is 0 Å². The van der Waals surface area contributed by atoms with Gasteiger partial charge in [-0.05, 0) is 50.4 Å². The Kier molecular flexibility index (Phi) is 2.26. The van der Waals surface area contributed by atoms with E-state index in [1.54, 1.807) is 6.07 Å². The lowest BCUT2D eigenvalue weighted by atomic mass is 10.1. The fourth-order valence-electron chi connectivity index (χ4n) is 2.80. The molecular weight excluding hydrogens is 226 g/mol. The van der Waals surface area contributed by atoms with E-state index in [0.29, 0.717) is 12.0 Å². The van der Waals surface area contributed by atoms with Crippen molar-refractivity contribution in [2.24, 2.45) is 11.8 Å². The minimum absolute atomic E-state index is 0.0141. The van der Waals surface area contributed by atoms with E-state index in [2.05, 4.69) is 15.3 Å². The second-order valence-electron chi connectivity index (χ2n) is 6.14. The van der Waals surface area contributed by atoms with Gasteiger partial charge in [0.25, 0.3) is 5.56 Å². The number of aromatic nitrogens is 2. The van der Waals surface area contributed by atoms with Gasteiger partial charge in [0, 0.05) is 18.0 Å². The van der Waals surface area contributed by atoms with Gasteiger partial charge in [0.15, 0.2) is 0 Å². The summed E-state index contributed by atoms with van der Waals surface area (Å²) in [6.07, 6.45) is 7.70. The molecule has 3 saturated carbocycles. The number of nitrogens with one attached hydrogen (secondary N) is 2. The van der Waals surface area contributed by atoms with Gasteiger partial charge in [-0.25, -0.2) is 4.98 Å². The van der Waals surface area contributed by atoms with Crippen LogP contribution in [0.5, 0.6) is 0 Å². The Morgan fingerprint density at radius 3 is 2.39 bits per heavy atom. The van der Waals surface area contributed by atoms with Gasteiger partial charge < -0.3 is 10.3 Å². The van der Waals surface area contributed by atoms with E-state index in [4.69, 9.17) is 0 Å². The van der Waals surface area contributed by atoms with Crippen molar-refractivity contribution in [2.45, 2.75) is 50.5 Å². The first-order chi connectivity index (χ1) is 8.79. The monoisotopic (exact) mass is 245 g/mol. The summed E-state index contributed by atoms with van der Waals surface area (Å²) in [5.41, 5.74) is -0.0141. The van der Waals surface area contributed by atoms with E-state index in [1.807, 2.05) is 0 Å². The Labute approximate surface area is 106 Å². The molecule has 0 amide bonds. The molecule has 0 saturated heterocycles. The summed E-state index contributed by atoms with van der Waals surface area (Å²) in [6, 6.07) is 2.18. The SMILES string of the molecule is O=c1cc(NC(C2CC2)C2CC2)nc(C2CC2)[nH]1. The minimum Gasteiger partial charge on any atom is -0.367 e. The molecule has 4 heteroatoms. The van der Waals surface area contributed by atoms with Crippen LogP contribution in [0.4, 0.5) is 5.82 Å². The largest absolute Gasteiger partial charge is 0.367 e. The van der Waals surface area contributed by atoms with Crippen LogP contribution in [0.25, 0.3) is 0 Å². The van der Waals surface area contributed by atoms with Crippen molar-refractivity contribution in [1.82, 2.24) is 9.97 Å². The molecule has 2 N–H and O–H groups in total. The van der Waals surface area contributed by atoms with Crippen molar-refractivity contribution in [1.29, 1.82) is 0 Å². The van der Waals surface area contributed by atoms with E-state index < -0.39 is 0 Å². The fraction of sp³-hybridized carbons (Fsp3) is 0.714. The van der Waals surface area contributed by atoms with Gasteiger partial charge in [-0.15, -0.1) is 0 Å². The van der Waals surface area contributed by atoms with Crippen LogP contribution in [-0.2, 0) is 0 Å². The second-order valence-corrected chi connectivity index (χ2v) is 6.14. The molecule has 18 heavy (non-hydrogen) atoms. The number of anilines is 1. The van der Waals surface area contributed by atoms with Crippen LogP contribution in [-0.4, -0.2) is 16.0 Å². The molecule has 3 aliphatic rings. The predicted octanol–water partition coefficient (Wildman–Crippen LogP) is 2.25. The van der Waals surface area contributed by atoms with Gasteiger partial charge in [0.1, 0.15) is 11.6 Å². The second kappa shape index (κ2) is 3.84. The van der Waals surface area contributed by atoms with Crippen molar-refractivity contribution >= 4 is 5.82 Å². The highest BCUT2D eigenvalue weighted by Crippen LogP contribution is 2.45. The van der Waals surface area contributed by atoms with Gasteiger partial charge in [-0.1, -0.05) is 0 Å². The Bertz CT molecular complexity index is 500. The number of hydrogen-bond donors (Lipinski definition) is 2. The van der Waals surface area contributed by atoms with Crippen LogP contribution in [0.15, 0.2) is 10.9 Å². The molecule has 0 aliphatic heterocycles. The maximum absolute atomic E-state index is 11.7. The summed E-state index contributed by atoms with van der Waals surface area (Å²) >= 11 is 0. The van der Waals surface area contributed by atoms with Crippen molar-refractivity contribution in [3.05, 3.63) is 22.2 Å². The molecule has 0 atom stereocenters. The Morgan fingerprint density at radius 1 is 1.17 bits per heavy atom. The predicted molar refractivity (Wildman–Crippen MR) is 69.7 cm³/mol. The van der Waals surface area contributed by atoms with E-state index in [0.717, 1.165) is 23.5 Å². The molecule has 1 heterocycles. The average molecular weight is 245 g/mol. The van der Waals surface area contributed by atoms with E-state index in [-0.39, 0.29) is 5.56 Å². The molecule has 4 nitrogen and oxygen atoms in total. The number of rotatable bonds is 5. The zero-order chi connectivity index (χ0) is 12.1. The summed E-state index contributed by atoms with van der Waals surface area (Å²) < 4.78 is 0. The Balaban J connectivity index is 1.57. The van der Waals surface area contributed by atoms with E-state index in [9.17, 15) is 4.79 Å². The molecule has 0 aromatic carbocycles. The van der Waals surface area contributed by atoms with Crippen molar-refractivity contribution in [2.75, 3.05) is 5.32 Å². The Morgan fingerprint density at radius 2 is 1.83 bits per heavy atom. The van der Waals surface area contributed by atoms with Gasteiger partial charge in [-0.3, -0.25) is 4.79 Å². The van der Waals surface area contributed by atoms with Crippen molar-refractivity contribution in [3.63, 3.8) is 0 Å². The molecule has 0 unspecified atom stereocenters. The third-order valence-electron chi connectivity index (χ3n) is 4.30. The summed E-state index contributed by atoms with van der Waals surface area (Å²) in [5, 5.41) is 3.54. The molecular formula is C14H19N3O. The quantitative estimate of drug-likeness (QED) is 0.836. The lowest BCUT2D eigenvalue weighted by Gasteiger charge is -2.18. The molecule has 1 aromatic heterocycles. The maximum atomic E-state index is 11.7. The van der Waals surface area contributed by atoms with Crippen molar-refractivity contribution in [3.8, 4) is 0 Å². The number of aromatic amines is 1. The number of nitrogens with zero attached hydrogens (tertiary/aromatic N) is 1. The van der Waals surface area contributed by atoms with E-state index in [1.165, 1.54) is 38.5 Å². The summed E-state index contributed by atoms with van der Waals surface area (Å²) in [6.45, 7) is 0. The zero-order valence-electron chi connectivity index (χ0n) is 10.5. The van der Waals surface area contributed by atoms with Crippen LogP contribution < -0.4 is 10.9 Å². The van der Waals surface area contributed by atoms with Crippen LogP contribution in [0.1, 0.15) is 50.3 Å². The number of H-pyrrole nitrogens is 1. The lowest BCUT2D eigenvalue weighted by molar-refractivity contribution is 0.565. The molecule has 4 rings (SSSR count). The molecule has 0 spiro atoms. The summed E-state index contributed by atoms with van der Waals surface area (Å²) in [4.78, 5) is 19.1. The topological polar surface area (TPSA) is 57.8 Å². The van der Waals surface area contributed by atoms with Gasteiger partial charge in [0.05, 0.1) is 0 Å². The summed E-state index contributed by atoms with van der Waals surface area (Å²) in [7, 11) is 0. The van der Waals surface area contributed by atoms with Crippen LogP contribution in [0, 0.1) is 11.8 Å². The van der Waals surface area contributed by atoms with Crippen LogP contribution in [0.3, 0.4) is 0 Å².